The molecule has 134 valence electrons. The minimum absolute atomic E-state index is 0.392. The van der Waals surface area contributed by atoms with Gasteiger partial charge in [0.2, 0.25) is 5.82 Å². The summed E-state index contributed by atoms with van der Waals surface area (Å²) in [5, 5.41) is 16.3. The quantitative estimate of drug-likeness (QED) is 0.504. The van der Waals surface area contributed by atoms with Crippen LogP contribution in [-0.2, 0) is 18.5 Å². The molecule has 0 aliphatic carbocycles. The molecule has 0 amide bonds. The first-order chi connectivity index (χ1) is 12.6. The van der Waals surface area contributed by atoms with Gasteiger partial charge in [0.25, 0.3) is 0 Å². The van der Waals surface area contributed by atoms with Gasteiger partial charge in [-0.3, -0.25) is 0 Å². The molecule has 0 fully saturated rings. The molecule has 0 spiro atoms. The molecule has 26 heavy (non-hydrogen) atoms. The molecule has 0 radical (unpaired) electrons. The van der Waals surface area contributed by atoms with E-state index < -0.39 is 0 Å². The van der Waals surface area contributed by atoms with E-state index in [9.17, 15) is 0 Å². The van der Waals surface area contributed by atoms with Crippen LogP contribution < -0.4 is 4.74 Å². The predicted molar refractivity (Wildman–Crippen MR) is 98.1 cm³/mol. The van der Waals surface area contributed by atoms with Crippen molar-refractivity contribution in [2.45, 2.75) is 20.5 Å². The Morgan fingerprint density at radius 3 is 2.69 bits per heavy atom. The van der Waals surface area contributed by atoms with Crippen LogP contribution in [0.1, 0.15) is 28.1 Å². The predicted octanol–water partition coefficient (Wildman–Crippen LogP) is 2.80. The minimum atomic E-state index is 0.392. The molecule has 0 saturated carbocycles. The number of oxime groups is 1. The zero-order valence-electron chi connectivity index (χ0n) is 15.3. The first kappa shape index (κ1) is 17.6. The first-order valence-corrected chi connectivity index (χ1v) is 8.22. The smallest absolute Gasteiger partial charge is 0.227 e. The van der Waals surface area contributed by atoms with Gasteiger partial charge in [-0.15, -0.1) is 10.2 Å². The van der Waals surface area contributed by atoms with Gasteiger partial charge in [-0.05, 0) is 41.8 Å². The number of hydrogen-bond acceptors (Lipinski definition) is 6. The van der Waals surface area contributed by atoms with Crippen molar-refractivity contribution in [3.8, 4) is 5.75 Å². The van der Waals surface area contributed by atoms with E-state index in [4.69, 9.17) is 9.57 Å². The number of aromatic nitrogens is 4. The maximum Gasteiger partial charge on any atom is 0.227 e. The van der Waals surface area contributed by atoms with E-state index in [1.54, 1.807) is 7.05 Å². The van der Waals surface area contributed by atoms with E-state index in [1.165, 1.54) is 11.9 Å². The molecule has 2 aromatic carbocycles. The fourth-order valence-electron chi connectivity index (χ4n) is 2.58. The van der Waals surface area contributed by atoms with Crippen molar-refractivity contribution in [2.24, 2.45) is 12.2 Å². The highest BCUT2D eigenvalue weighted by Gasteiger charge is 2.17. The topological polar surface area (TPSA) is 74.4 Å². The summed E-state index contributed by atoms with van der Waals surface area (Å²) in [6, 6.07) is 14.0. The maximum atomic E-state index is 6.06. The highest BCUT2D eigenvalue weighted by atomic mass is 16.6. The molecule has 0 aliphatic rings. The second kappa shape index (κ2) is 7.77. The van der Waals surface area contributed by atoms with Gasteiger partial charge in [-0.1, -0.05) is 41.6 Å². The Morgan fingerprint density at radius 2 is 1.96 bits per heavy atom. The summed E-state index contributed by atoms with van der Waals surface area (Å²) in [6.45, 7) is 4.47. The number of benzene rings is 2. The summed E-state index contributed by atoms with van der Waals surface area (Å²) >= 11 is 0. The van der Waals surface area contributed by atoms with Crippen molar-refractivity contribution in [3.63, 3.8) is 0 Å². The summed E-state index contributed by atoms with van der Waals surface area (Å²) in [6.07, 6.45) is 0. The lowest BCUT2D eigenvalue weighted by Crippen LogP contribution is -2.12. The molecule has 1 heterocycles. The second-order valence-electron chi connectivity index (χ2n) is 5.94. The molecule has 0 N–H and O–H groups in total. The molecule has 7 nitrogen and oxygen atoms in total. The third kappa shape index (κ3) is 3.88. The fourth-order valence-corrected chi connectivity index (χ4v) is 2.58. The number of aryl methyl sites for hydroxylation is 3. The lowest BCUT2D eigenvalue weighted by Gasteiger charge is -2.13. The van der Waals surface area contributed by atoms with Crippen molar-refractivity contribution in [2.75, 3.05) is 7.11 Å². The number of rotatable bonds is 6. The van der Waals surface area contributed by atoms with Gasteiger partial charge in [0.05, 0.1) is 7.05 Å². The van der Waals surface area contributed by atoms with Crippen molar-refractivity contribution in [1.29, 1.82) is 0 Å². The summed E-state index contributed by atoms with van der Waals surface area (Å²) in [4.78, 5) is 6.39. The second-order valence-corrected chi connectivity index (χ2v) is 5.94. The average Bonchev–Trinajstić information content (AvgIpc) is 3.07. The van der Waals surface area contributed by atoms with Crippen LogP contribution in [0.15, 0.2) is 47.6 Å². The molecular formula is C19H21N5O2. The zero-order chi connectivity index (χ0) is 18.5. The van der Waals surface area contributed by atoms with E-state index in [1.807, 2.05) is 44.2 Å². The van der Waals surface area contributed by atoms with Crippen LogP contribution >= 0.6 is 0 Å². The molecule has 0 unspecified atom stereocenters. The van der Waals surface area contributed by atoms with E-state index in [-0.39, 0.29) is 0 Å². The Bertz CT molecular complexity index is 933. The Hall–Kier alpha value is -3.22. The van der Waals surface area contributed by atoms with Crippen LogP contribution in [0.2, 0.25) is 0 Å². The Labute approximate surface area is 152 Å². The molecule has 0 bridgehead atoms. The normalized spacial score (nSPS) is 11.5. The van der Waals surface area contributed by atoms with Crippen LogP contribution in [0, 0.1) is 13.8 Å². The first-order valence-electron chi connectivity index (χ1n) is 8.22. The van der Waals surface area contributed by atoms with Crippen molar-refractivity contribution >= 4 is 5.71 Å². The zero-order valence-corrected chi connectivity index (χ0v) is 15.3. The van der Waals surface area contributed by atoms with Crippen molar-refractivity contribution in [1.82, 2.24) is 20.2 Å². The summed E-state index contributed by atoms with van der Waals surface area (Å²) < 4.78 is 6.06. The third-order valence-corrected chi connectivity index (χ3v) is 3.90. The monoisotopic (exact) mass is 351 g/mol. The van der Waals surface area contributed by atoms with Crippen molar-refractivity contribution in [3.05, 3.63) is 70.5 Å². The SMILES string of the molecule is CON=C(c1nnn(C)n1)c1ccccc1COc1cc(C)ccc1C. The maximum absolute atomic E-state index is 6.06. The number of hydrogen-bond donors (Lipinski definition) is 0. The molecule has 3 rings (SSSR count). The standard InChI is InChI=1S/C19H21N5O2/c1-13-9-10-14(2)17(11-13)26-12-15-7-5-6-8-16(15)18(22-25-4)19-20-23-24(3)21-19/h5-11H,12H2,1-4H3. The third-order valence-electron chi connectivity index (χ3n) is 3.90. The molecule has 0 aliphatic heterocycles. The summed E-state index contributed by atoms with van der Waals surface area (Å²) in [5.41, 5.74) is 4.56. The Morgan fingerprint density at radius 1 is 1.15 bits per heavy atom. The van der Waals surface area contributed by atoms with Gasteiger partial charge >= 0.3 is 0 Å². The Kier molecular flexibility index (Phi) is 5.26. The van der Waals surface area contributed by atoms with Gasteiger partial charge in [0.15, 0.2) is 5.71 Å². The van der Waals surface area contributed by atoms with Gasteiger partial charge < -0.3 is 9.57 Å². The molecule has 3 aromatic rings. The minimum Gasteiger partial charge on any atom is -0.489 e. The highest BCUT2D eigenvalue weighted by molar-refractivity contribution is 6.11. The molecule has 1 aromatic heterocycles. The van der Waals surface area contributed by atoms with Gasteiger partial charge in [-0.25, -0.2) is 0 Å². The van der Waals surface area contributed by atoms with Crippen LogP contribution in [0.4, 0.5) is 0 Å². The largest absolute Gasteiger partial charge is 0.489 e. The van der Waals surface area contributed by atoms with E-state index in [2.05, 4.69) is 32.7 Å². The molecule has 0 saturated heterocycles. The van der Waals surface area contributed by atoms with Crippen LogP contribution in [0.25, 0.3) is 0 Å². The summed E-state index contributed by atoms with van der Waals surface area (Å²) in [5.74, 6) is 1.26. The lowest BCUT2D eigenvalue weighted by molar-refractivity contribution is 0.213. The summed E-state index contributed by atoms with van der Waals surface area (Å²) in [7, 11) is 3.20. The van der Waals surface area contributed by atoms with E-state index in [0.717, 1.165) is 28.0 Å². The number of nitrogens with zero attached hydrogens (tertiary/aromatic N) is 5. The van der Waals surface area contributed by atoms with E-state index in [0.29, 0.717) is 18.1 Å². The molecular weight excluding hydrogens is 330 g/mol. The average molecular weight is 351 g/mol. The van der Waals surface area contributed by atoms with Crippen LogP contribution in [-0.4, -0.2) is 33.0 Å². The van der Waals surface area contributed by atoms with Crippen LogP contribution in [0.3, 0.4) is 0 Å². The number of ether oxygens (including phenoxy) is 1. The molecule has 7 heteroatoms. The van der Waals surface area contributed by atoms with E-state index >= 15 is 0 Å². The molecule has 0 atom stereocenters. The van der Waals surface area contributed by atoms with Gasteiger partial charge in [-0.2, -0.15) is 4.80 Å². The Balaban J connectivity index is 1.92. The number of tetrazole rings is 1. The lowest BCUT2D eigenvalue weighted by atomic mass is 10.0. The van der Waals surface area contributed by atoms with Gasteiger partial charge in [0, 0.05) is 5.56 Å². The van der Waals surface area contributed by atoms with Gasteiger partial charge in [0.1, 0.15) is 19.5 Å². The fraction of sp³-hybridized carbons (Fsp3) is 0.263. The van der Waals surface area contributed by atoms with Crippen LogP contribution in [0.5, 0.6) is 5.75 Å². The highest BCUT2D eigenvalue weighted by Crippen LogP contribution is 2.22. The van der Waals surface area contributed by atoms with Crippen molar-refractivity contribution < 1.29 is 9.57 Å².